The van der Waals surface area contributed by atoms with Crippen LogP contribution in [0.3, 0.4) is 0 Å². The number of benzene rings is 1. The van der Waals surface area contributed by atoms with E-state index in [0.29, 0.717) is 0 Å². The molecule has 1 unspecified atom stereocenters. The molecule has 0 aliphatic rings. The Hall–Kier alpha value is -1.02. The van der Waals surface area contributed by atoms with Gasteiger partial charge in [0.2, 0.25) is 0 Å². The van der Waals surface area contributed by atoms with Crippen molar-refractivity contribution in [2.75, 3.05) is 0 Å². The maximum atomic E-state index is 5.30. The highest BCUT2D eigenvalue weighted by molar-refractivity contribution is 9.09. The Labute approximate surface area is 98.2 Å². The van der Waals surface area contributed by atoms with Crippen molar-refractivity contribution in [3.63, 3.8) is 0 Å². The molecule has 0 saturated carbocycles. The molecule has 0 fully saturated rings. The second-order valence-electron chi connectivity index (χ2n) is 3.71. The van der Waals surface area contributed by atoms with E-state index < -0.39 is 0 Å². The third-order valence-electron chi connectivity index (χ3n) is 2.54. The molecule has 0 amide bonds. The number of alkyl halides is 1. The van der Waals surface area contributed by atoms with Gasteiger partial charge in [0.1, 0.15) is 5.76 Å². The second-order valence-corrected chi connectivity index (χ2v) is 4.62. The summed E-state index contributed by atoms with van der Waals surface area (Å²) in [6.45, 7) is 4.08. The molecule has 0 spiro atoms. The van der Waals surface area contributed by atoms with E-state index in [1.54, 1.807) is 6.26 Å². The Morgan fingerprint density at radius 3 is 2.27 bits per heavy atom. The van der Waals surface area contributed by atoms with Crippen molar-refractivity contribution in [1.29, 1.82) is 0 Å². The lowest BCUT2D eigenvalue weighted by molar-refractivity contribution is 0.530. The van der Waals surface area contributed by atoms with Crippen LogP contribution >= 0.6 is 15.9 Å². The first kappa shape index (κ1) is 10.5. The van der Waals surface area contributed by atoms with Crippen LogP contribution in [0.2, 0.25) is 0 Å². The van der Waals surface area contributed by atoms with Crippen molar-refractivity contribution in [2.24, 2.45) is 0 Å². The summed E-state index contributed by atoms with van der Waals surface area (Å²) < 4.78 is 5.30. The maximum Gasteiger partial charge on any atom is 0.105 e. The number of hydrogen-bond donors (Lipinski definition) is 0. The third kappa shape index (κ3) is 2.15. The first-order chi connectivity index (χ1) is 7.18. The molecule has 0 radical (unpaired) electrons. The first-order valence-corrected chi connectivity index (χ1v) is 5.84. The van der Waals surface area contributed by atoms with Crippen LogP contribution in [0.1, 0.15) is 27.3 Å². The van der Waals surface area contributed by atoms with E-state index in [9.17, 15) is 0 Å². The highest BCUT2D eigenvalue weighted by Gasteiger charge is 2.14. The molecule has 2 heteroatoms. The van der Waals surface area contributed by atoms with E-state index in [4.69, 9.17) is 4.42 Å². The molecule has 0 aliphatic heterocycles. The van der Waals surface area contributed by atoms with Crippen molar-refractivity contribution in [1.82, 2.24) is 0 Å². The Kier molecular flexibility index (Phi) is 2.96. The van der Waals surface area contributed by atoms with Gasteiger partial charge in [-0.15, -0.1) is 0 Å². The smallest absolute Gasteiger partial charge is 0.105 e. The summed E-state index contributed by atoms with van der Waals surface area (Å²) in [6, 6.07) is 10.5. The van der Waals surface area contributed by atoms with Gasteiger partial charge in [0, 0.05) is 5.56 Å². The lowest BCUT2D eigenvalue weighted by Gasteiger charge is -2.09. The summed E-state index contributed by atoms with van der Waals surface area (Å²) in [6.07, 6.45) is 1.73. The summed E-state index contributed by atoms with van der Waals surface area (Å²) in [7, 11) is 0. The van der Waals surface area contributed by atoms with Crippen LogP contribution in [0.15, 0.2) is 41.0 Å². The normalized spacial score (nSPS) is 12.7. The summed E-state index contributed by atoms with van der Waals surface area (Å²) >= 11 is 3.69. The number of aryl methyl sites for hydroxylation is 2. The van der Waals surface area contributed by atoms with Crippen LogP contribution in [-0.4, -0.2) is 0 Å². The molecular weight excluding hydrogens is 252 g/mol. The summed E-state index contributed by atoms with van der Waals surface area (Å²) in [5.41, 5.74) is 3.73. The fourth-order valence-electron chi connectivity index (χ4n) is 1.57. The minimum atomic E-state index is 0.219. The van der Waals surface area contributed by atoms with Gasteiger partial charge in [-0.25, -0.2) is 0 Å². The second kappa shape index (κ2) is 4.23. The fraction of sp³-hybridized carbons (Fsp3) is 0.231. The molecular formula is C13H13BrO. The predicted octanol–water partition coefficient (Wildman–Crippen LogP) is 4.38. The largest absolute Gasteiger partial charge is 0.469 e. The van der Waals surface area contributed by atoms with Crippen LogP contribution in [0.4, 0.5) is 0 Å². The molecule has 15 heavy (non-hydrogen) atoms. The van der Waals surface area contributed by atoms with Gasteiger partial charge in [-0.2, -0.15) is 0 Å². The standard InChI is InChI=1S/C13H13BrO/c1-9-3-5-11(6-4-9)13(14)12-7-8-15-10(12)2/h3-8,13H,1-2H3. The van der Waals surface area contributed by atoms with Gasteiger partial charge in [0.25, 0.3) is 0 Å². The summed E-state index contributed by atoms with van der Waals surface area (Å²) in [5.74, 6) is 0.970. The van der Waals surface area contributed by atoms with Gasteiger partial charge in [0.05, 0.1) is 11.1 Å². The van der Waals surface area contributed by atoms with E-state index >= 15 is 0 Å². The van der Waals surface area contributed by atoms with Crippen molar-refractivity contribution >= 4 is 15.9 Å². The fourth-order valence-corrected chi connectivity index (χ4v) is 2.35. The molecule has 0 bridgehead atoms. The van der Waals surface area contributed by atoms with Crippen molar-refractivity contribution in [3.05, 3.63) is 59.0 Å². The zero-order valence-electron chi connectivity index (χ0n) is 8.83. The molecule has 1 nitrogen and oxygen atoms in total. The average Bonchev–Trinajstić information content (AvgIpc) is 2.65. The summed E-state index contributed by atoms with van der Waals surface area (Å²) in [5, 5.41) is 0. The summed E-state index contributed by atoms with van der Waals surface area (Å²) in [4.78, 5) is 0.219. The Morgan fingerprint density at radius 1 is 1.07 bits per heavy atom. The monoisotopic (exact) mass is 264 g/mol. The van der Waals surface area contributed by atoms with Gasteiger partial charge >= 0.3 is 0 Å². The van der Waals surface area contributed by atoms with Gasteiger partial charge < -0.3 is 4.42 Å². The van der Waals surface area contributed by atoms with E-state index in [1.165, 1.54) is 16.7 Å². The van der Waals surface area contributed by atoms with Crippen molar-refractivity contribution in [3.8, 4) is 0 Å². The van der Waals surface area contributed by atoms with Crippen molar-refractivity contribution in [2.45, 2.75) is 18.7 Å². The Bertz CT molecular complexity index is 442. The minimum Gasteiger partial charge on any atom is -0.469 e. The van der Waals surface area contributed by atoms with Crippen LogP contribution in [0.5, 0.6) is 0 Å². The number of halogens is 1. The van der Waals surface area contributed by atoms with E-state index in [2.05, 4.69) is 47.1 Å². The average molecular weight is 265 g/mol. The number of rotatable bonds is 2. The maximum absolute atomic E-state index is 5.30. The zero-order chi connectivity index (χ0) is 10.8. The molecule has 2 rings (SSSR count). The molecule has 1 aromatic heterocycles. The molecule has 1 atom stereocenters. The first-order valence-electron chi connectivity index (χ1n) is 4.93. The molecule has 1 aromatic carbocycles. The van der Waals surface area contributed by atoms with Crippen molar-refractivity contribution < 1.29 is 4.42 Å². The van der Waals surface area contributed by atoms with Crippen LogP contribution < -0.4 is 0 Å². The van der Waals surface area contributed by atoms with E-state index in [0.717, 1.165) is 5.76 Å². The van der Waals surface area contributed by atoms with Gasteiger partial charge in [-0.05, 0) is 25.5 Å². The quantitative estimate of drug-likeness (QED) is 0.734. The topological polar surface area (TPSA) is 13.1 Å². The lowest BCUT2D eigenvalue weighted by Crippen LogP contribution is -1.92. The highest BCUT2D eigenvalue weighted by Crippen LogP contribution is 2.33. The molecule has 0 N–H and O–H groups in total. The third-order valence-corrected chi connectivity index (χ3v) is 3.56. The molecule has 0 aliphatic carbocycles. The Morgan fingerprint density at radius 2 is 1.73 bits per heavy atom. The van der Waals surface area contributed by atoms with Gasteiger partial charge in [-0.3, -0.25) is 0 Å². The Balaban J connectivity index is 2.32. The van der Waals surface area contributed by atoms with Gasteiger partial charge in [0.15, 0.2) is 0 Å². The van der Waals surface area contributed by atoms with Crippen LogP contribution in [-0.2, 0) is 0 Å². The molecule has 1 heterocycles. The molecule has 0 saturated heterocycles. The van der Waals surface area contributed by atoms with Crippen LogP contribution in [0.25, 0.3) is 0 Å². The minimum absolute atomic E-state index is 0.219. The lowest BCUT2D eigenvalue weighted by atomic mass is 10.0. The van der Waals surface area contributed by atoms with Gasteiger partial charge in [-0.1, -0.05) is 45.8 Å². The number of furan rings is 1. The van der Waals surface area contributed by atoms with Crippen LogP contribution in [0, 0.1) is 13.8 Å². The number of hydrogen-bond acceptors (Lipinski definition) is 1. The molecule has 78 valence electrons. The highest BCUT2D eigenvalue weighted by atomic mass is 79.9. The zero-order valence-corrected chi connectivity index (χ0v) is 10.4. The SMILES string of the molecule is Cc1ccc(C(Br)c2ccoc2C)cc1. The predicted molar refractivity (Wildman–Crippen MR) is 65.4 cm³/mol. The van der Waals surface area contributed by atoms with E-state index in [1.807, 2.05) is 13.0 Å². The molecule has 2 aromatic rings. The van der Waals surface area contributed by atoms with E-state index in [-0.39, 0.29) is 4.83 Å².